The molecule has 1 fully saturated rings. The van der Waals surface area contributed by atoms with Crippen LogP contribution in [0, 0.1) is 5.92 Å². The molecule has 29 heavy (non-hydrogen) atoms. The molecule has 0 aromatic heterocycles. The Bertz CT molecular complexity index is 657. The van der Waals surface area contributed by atoms with Gasteiger partial charge in [0.05, 0.1) is 7.11 Å². The van der Waals surface area contributed by atoms with E-state index in [0.717, 1.165) is 38.0 Å². The second kappa shape index (κ2) is 10.7. The Morgan fingerprint density at radius 3 is 2.52 bits per heavy atom. The van der Waals surface area contributed by atoms with Crippen LogP contribution in [0.15, 0.2) is 18.2 Å². The summed E-state index contributed by atoms with van der Waals surface area (Å²) < 4.78 is 46.9. The number of alkyl halides is 3. The summed E-state index contributed by atoms with van der Waals surface area (Å²) in [6, 6.07) is 4.93. The van der Waals surface area contributed by atoms with Gasteiger partial charge >= 0.3 is 6.18 Å². The van der Waals surface area contributed by atoms with E-state index >= 15 is 0 Å². The molecule has 1 N–H and O–H groups in total. The summed E-state index contributed by atoms with van der Waals surface area (Å²) in [5.41, 5.74) is 0.808. The minimum absolute atomic E-state index is 0.0105. The number of nitrogens with one attached hydrogen (secondary N) is 1. The maximum Gasteiger partial charge on any atom is 0.422 e. The van der Waals surface area contributed by atoms with Crippen molar-refractivity contribution >= 4 is 5.91 Å². The predicted molar refractivity (Wildman–Crippen MR) is 105 cm³/mol. The van der Waals surface area contributed by atoms with Gasteiger partial charge in [-0.3, -0.25) is 4.79 Å². The molecule has 0 bridgehead atoms. The molecular weight excluding hydrogens is 385 g/mol. The first-order valence-electron chi connectivity index (χ1n) is 10.0. The molecule has 0 atom stereocenters. The lowest BCUT2D eigenvalue weighted by Crippen LogP contribution is -2.45. The molecule has 0 unspecified atom stereocenters. The quantitative estimate of drug-likeness (QED) is 0.665. The number of ether oxygens (including phenoxy) is 2. The van der Waals surface area contributed by atoms with Gasteiger partial charge in [-0.25, -0.2) is 0 Å². The topological polar surface area (TPSA) is 50.8 Å². The van der Waals surface area contributed by atoms with Gasteiger partial charge in [-0.05, 0) is 42.9 Å². The Morgan fingerprint density at radius 1 is 1.24 bits per heavy atom. The first-order valence-corrected chi connectivity index (χ1v) is 10.0. The van der Waals surface area contributed by atoms with Gasteiger partial charge in [0.2, 0.25) is 5.91 Å². The number of carbonyl (C=O) groups excluding carboxylic acids is 1. The highest BCUT2D eigenvalue weighted by molar-refractivity contribution is 5.76. The van der Waals surface area contributed by atoms with Gasteiger partial charge in [0.15, 0.2) is 18.1 Å². The van der Waals surface area contributed by atoms with Crippen molar-refractivity contribution in [2.24, 2.45) is 5.92 Å². The highest BCUT2D eigenvalue weighted by atomic mass is 19.4. The highest BCUT2D eigenvalue weighted by Gasteiger charge is 2.29. The second-order valence-electron chi connectivity index (χ2n) is 7.93. The summed E-state index contributed by atoms with van der Waals surface area (Å²) in [5, 5.41) is 3.09. The molecule has 1 heterocycles. The summed E-state index contributed by atoms with van der Waals surface area (Å²) in [6.45, 7) is 6.13. The number of halogens is 3. The number of carbonyl (C=O) groups is 1. The summed E-state index contributed by atoms with van der Waals surface area (Å²) >= 11 is 0. The monoisotopic (exact) mass is 416 g/mol. The summed E-state index contributed by atoms with van der Waals surface area (Å²) in [6.07, 6.45) is -1.70. The molecule has 1 aliphatic heterocycles. The zero-order valence-corrected chi connectivity index (χ0v) is 17.3. The number of nitrogens with zero attached hydrogens (tertiary/aromatic N) is 1. The molecule has 0 radical (unpaired) electrons. The maximum absolute atomic E-state index is 12.3. The van der Waals surface area contributed by atoms with Crippen molar-refractivity contribution in [1.29, 1.82) is 0 Å². The molecule has 164 valence electrons. The molecular formula is C21H31F3N2O3. The van der Waals surface area contributed by atoms with Crippen molar-refractivity contribution in [2.75, 3.05) is 33.4 Å². The van der Waals surface area contributed by atoms with E-state index in [-0.39, 0.29) is 23.4 Å². The molecule has 1 aromatic carbocycles. The predicted octanol–water partition coefficient (Wildman–Crippen LogP) is 3.81. The Labute approximate surface area is 170 Å². The average Bonchev–Trinajstić information content (AvgIpc) is 2.65. The fourth-order valence-electron chi connectivity index (χ4n) is 3.48. The van der Waals surface area contributed by atoms with Crippen molar-refractivity contribution in [1.82, 2.24) is 10.2 Å². The normalized spacial score (nSPS) is 16.1. The van der Waals surface area contributed by atoms with Gasteiger partial charge in [-0.15, -0.1) is 0 Å². The Kier molecular flexibility index (Phi) is 8.61. The molecule has 0 saturated carbocycles. The lowest BCUT2D eigenvalue weighted by molar-refractivity contribution is -0.153. The van der Waals surface area contributed by atoms with Crippen molar-refractivity contribution in [3.63, 3.8) is 0 Å². The first-order chi connectivity index (χ1) is 13.7. The maximum atomic E-state index is 12.3. The number of likely N-dealkylation sites (tertiary alicyclic amines) is 1. The van der Waals surface area contributed by atoms with E-state index in [4.69, 9.17) is 9.47 Å². The minimum Gasteiger partial charge on any atom is -0.493 e. The molecule has 5 nitrogen and oxygen atoms in total. The molecule has 1 aromatic rings. The van der Waals surface area contributed by atoms with Crippen molar-refractivity contribution in [2.45, 2.75) is 51.7 Å². The van der Waals surface area contributed by atoms with E-state index in [2.05, 4.69) is 24.1 Å². The van der Waals surface area contributed by atoms with E-state index in [0.29, 0.717) is 18.8 Å². The van der Waals surface area contributed by atoms with Crippen LogP contribution in [0.25, 0.3) is 0 Å². The van der Waals surface area contributed by atoms with E-state index < -0.39 is 12.8 Å². The van der Waals surface area contributed by atoms with Crippen LogP contribution in [-0.2, 0) is 11.2 Å². The Hall–Kier alpha value is -1.96. The molecule has 1 saturated heterocycles. The molecule has 2 rings (SSSR count). The second-order valence-corrected chi connectivity index (χ2v) is 7.93. The van der Waals surface area contributed by atoms with E-state index in [1.807, 2.05) is 0 Å². The molecule has 0 aliphatic carbocycles. The van der Waals surface area contributed by atoms with Crippen LogP contribution in [-0.4, -0.2) is 56.4 Å². The highest BCUT2D eigenvalue weighted by Crippen LogP contribution is 2.30. The zero-order valence-electron chi connectivity index (χ0n) is 17.3. The van der Waals surface area contributed by atoms with Crippen LogP contribution in [0.3, 0.4) is 0 Å². The first kappa shape index (κ1) is 23.3. The molecule has 1 aliphatic rings. The molecule has 8 heteroatoms. The van der Waals surface area contributed by atoms with Crippen LogP contribution < -0.4 is 14.8 Å². The SMILES string of the molecule is COc1cc(CCC(=O)NC2CCN(CC(C)C)CC2)ccc1OCC(F)(F)F. The van der Waals surface area contributed by atoms with E-state index in [9.17, 15) is 18.0 Å². The number of rotatable bonds is 9. The number of benzene rings is 1. The van der Waals surface area contributed by atoms with Gasteiger partial charge < -0.3 is 19.7 Å². The third-order valence-electron chi connectivity index (χ3n) is 4.84. The lowest BCUT2D eigenvalue weighted by atomic mass is 10.0. The van der Waals surface area contributed by atoms with Crippen molar-refractivity contribution in [3.05, 3.63) is 23.8 Å². The summed E-state index contributed by atoms with van der Waals surface area (Å²) in [5.74, 6) is 0.892. The summed E-state index contributed by atoms with van der Waals surface area (Å²) in [7, 11) is 1.37. The van der Waals surface area contributed by atoms with Crippen molar-refractivity contribution in [3.8, 4) is 11.5 Å². The lowest BCUT2D eigenvalue weighted by Gasteiger charge is -2.33. The van der Waals surface area contributed by atoms with Crippen LogP contribution in [0.1, 0.15) is 38.7 Å². The van der Waals surface area contributed by atoms with Gasteiger partial charge in [0.25, 0.3) is 0 Å². The number of hydrogen-bond donors (Lipinski definition) is 1. The van der Waals surface area contributed by atoms with Crippen LogP contribution >= 0.6 is 0 Å². The minimum atomic E-state index is -4.41. The third kappa shape index (κ3) is 8.51. The van der Waals surface area contributed by atoms with E-state index in [1.54, 1.807) is 12.1 Å². The van der Waals surface area contributed by atoms with Gasteiger partial charge in [-0.2, -0.15) is 13.2 Å². The number of aryl methyl sites for hydroxylation is 1. The van der Waals surface area contributed by atoms with Crippen LogP contribution in [0.4, 0.5) is 13.2 Å². The van der Waals surface area contributed by atoms with Crippen molar-refractivity contribution < 1.29 is 27.4 Å². The number of methoxy groups -OCH3 is 1. The fourth-order valence-corrected chi connectivity index (χ4v) is 3.48. The number of amides is 1. The number of piperidine rings is 1. The fraction of sp³-hybridized carbons (Fsp3) is 0.667. The third-order valence-corrected chi connectivity index (χ3v) is 4.84. The van der Waals surface area contributed by atoms with Gasteiger partial charge in [-0.1, -0.05) is 19.9 Å². The summed E-state index contributed by atoms with van der Waals surface area (Å²) in [4.78, 5) is 14.7. The zero-order chi connectivity index (χ0) is 21.4. The van der Waals surface area contributed by atoms with Gasteiger partial charge in [0, 0.05) is 32.1 Å². The smallest absolute Gasteiger partial charge is 0.422 e. The molecule has 1 amide bonds. The van der Waals surface area contributed by atoms with Crippen LogP contribution in [0.5, 0.6) is 11.5 Å². The Balaban J connectivity index is 1.78. The largest absolute Gasteiger partial charge is 0.493 e. The van der Waals surface area contributed by atoms with E-state index in [1.165, 1.54) is 13.2 Å². The Morgan fingerprint density at radius 2 is 1.93 bits per heavy atom. The van der Waals surface area contributed by atoms with Gasteiger partial charge in [0.1, 0.15) is 0 Å². The van der Waals surface area contributed by atoms with Crippen LogP contribution in [0.2, 0.25) is 0 Å². The number of hydrogen-bond acceptors (Lipinski definition) is 4. The molecule has 0 spiro atoms. The standard InChI is InChI=1S/C21H31F3N2O3/c1-15(2)13-26-10-8-17(9-11-26)25-20(27)7-5-16-4-6-18(19(12-16)28-3)29-14-21(22,23)24/h4,6,12,15,17H,5,7-11,13-14H2,1-3H3,(H,25,27). The average molecular weight is 416 g/mol.